The molecule has 3 rings (SSSR count). The van der Waals surface area contributed by atoms with E-state index in [1.54, 1.807) is 19.1 Å². The van der Waals surface area contributed by atoms with Gasteiger partial charge in [-0.2, -0.15) is 0 Å². The fourth-order valence-electron chi connectivity index (χ4n) is 2.72. The number of nitrogens with one attached hydrogen (secondary N) is 1. The lowest BCUT2D eigenvalue weighted by molar-refractivity contribution is -0.158. The van der Waals surface area contributed by atoms with E-state index in [9.17, 15) is 14.0 Å². The van der Waals surface area contributed by atoms with E-state index in [0.717, 1.165) is 11.3 Å². The number of esters is 1. The van der Waals surface area contributed by atoms with Crippen molar-refractivity contribution in [3.05, 3.63) is 59.4 Å². The van der Waals surface area contributed by atoms with Crippen LogP contribution in [0.4, 0.5) is 10.1 Å². The molecule has 2 aromatic rings. The van der Waals surface area contributed by atoms with Gasteiger partial charge in [0.25, 0.3) is 5.91 Å². The van der Waals surface area contributed by atoms with Crippen LogP contribution in [0.25, 0.3) is 0 Å². The molecule has 6 heteroatoms. The SMILES string of the molecule is Cc1ccc(NC(=O)C(C)OC(=O)C2COc3ccccc3C2)cc1F. The number of rotatable bonds is 4. The standard InChI is InChI=1S/C20H20FNO4/c1-12-7-8-16(10-17(12)21)22-19(23)13(2)26-20(24)15-9-14-5-3-4-6-18(14)25-11-15/h3-8,10,13,15H,9,11H2,1-2H3,(H,22,23). The van der Waals surface area contributed by atoms with Crippen LogP contribution in [0.1, 0.15) is 18.1 Å². The number of benzene rings is 2. The van der Waals surface area contributed by atoms with Gasteiger partial charge >= 0.3 is 5.97 Å². The molecule has 2 aromatic carbocycles. The highest BCUT2D eigenvalue weighted by molar-refractivity contribution is 5.95. The molecule has 0 saturated heterocycles. The van der Waals surface area contributed by atoms with Crippen LogP contribution in [0, 0.1) is 18.7 Å². The molecular formula is C20H20FNO4. The zero-order valence-electron chi connectivity index (χ0n) is 14.6. The predicted molar refractivity (Wildman–Crippen MR) is 94.5 cm³/mol. The summed E-state index contributed by atoms with van der Waals surface area (Å²) in [6, 6.07) is 11.9. The minimum absolute atomic E-state index is 0.216. The number of carbonyl (C=O) groups excluding carboxylic acids is 2. The normalized spacial score (nSPS) is 16.8. The highest BCUT2D eigenvalue weighted by Gasteiger charge is 2.29. The number of ether oxygens (including phenoxy) is 2. The van der Waals surface area contributed by atoms with Gasteiger partial charge in [0.05, 0.1) is 5.92 Å². The smallest absolute Gasteiger partial charge is 0.313 e. The Kier molecular flexibility index (Phi) is 5.21. The molecule has 0 fully saturated rings. The summed E-state index contributed by atoms with van der Waals surface area (Å²) >= 11 is 0. The van der Waals surface area contributed by atoms with Gasteiger partial charge in [-0.3, -0.25) is 9.59 Å². The Bertz CT molecular complexity index is 836. The largest absolute Gasteiger partial charge is 0.492 e. The van der Waals surface area contributed by atoms with Crippen molar-refractivity contribution in [2.75, 3.05) is 11.9 Å². The Morgan fingerprint density at radius 2 is 2.04 bits per heavy atom. The lowest BCUT2D eigenvalue weighted by atomic mass is 9.97. The summed E-state index contributed by atoms with van der Waals surface area (Å²) in [5.41, 5.74) is 1.74. The molecule has 0 radical (unpaired) electrons. The quantitative estimate of drug-likeness (QED) is 0.853. The molecule has 0 aliphatic carbocycles. The molecule has 5 nitrogen and oxygen atoms in total. The Balaban J connectivity index is 1.57. The third-order valence-corrected chi connectivity index (χ3v) is 4.31. The number of hydrogen-bond donors (Lipinski definition) is 1. The molecule has 1 aliphatic rings. The number of halogens is 1. The van der Waals surface area contributed by atoms with Gasteiger partial charge in [0.1, 0.15) is 18.2 Å². The van der Waals surface area contributed by atoms with Crippen molar-refractivity contribution >= 4 is 17.6 Å². The van der Waals surface area contributed by atoms with Crippen molar-refractivity contribution in [3.63, 3.8) is 0 Å². The maximum absolute atomic E-state index is 13.6. The van der Waals surface area contributed by atoms with Crippen LogP contribution in [-0.2, 0) is 20.7 Å². The van der Waals surface area contributed by atoms with E-state index >= 15 is 0 Å². The predicted octanol–water partition coefficient (Wildman–Crippen LogP) is 3.26. The third kappa shape index (κ3) is 4.02. The molecule has 1 amide bonds. The molecule has 0 saturated carbocycles. The number of carbonyl (C=O) groups is 2. The van der Waals surface area contributed by atoms with E-state index in [1.165, 1.54) is 13.0 Å². The van der Waals surface area contributed by atoms with Gasteiger partial charge in [0.15, 0.2) is 6.10 Å². The highest BCUT2D eigenvalue weighted by atomic mass is 19.1. The molecule has 0 spiro atoms. The molecule has 0 bridgehead atoms. The van der Waals surface area contributed by atoms with Crippen LogP contribution < -0.4 is 10.1 Å². The number of hydrogen-bond acceptors (Lipinski definition) is 4. The first kappa shape index (κ1) is 17.9. The van der Waals surface area contributed by atoms with E-state index in [1.807, 2.05) is 24.3 Å². The van der Waals surface area contributed by atoms with Gasteiger partial charge in [-0.05, 0) is 49.6 Å². The first-order valence-electron chi connectivity index (χ1n) is 8.42. The average molecular weight is 357 g/mol. The summed E-state index contributed by atoms with van der Waals surface area (Å²) in [7, 11) is 0. The summed E-state index contributed by atoms with van der Waals surface area (Å²) in [6.45, 7) is 3.33. The van der Waals surface area contributed by atoms with Gasteiger partial charge in [-0.25, -0.2) is 4.39 Å². The summed E-state index contributed by atoms with van der Waals surface area (Å²) < 4.78 is 24.4. The van der Waals surface area contributed by atoms with Gasteiger partial charge in [0, 0.05) is 5.69 Å². The van der Waals surface area contributed by atoms with Gasteiger partial charge in [-0.15, -0.1) is 0 Å². The molecule has 2 unspecified atom stereocenters. The Labute approximate surface area is 151 Å². The Morgan fingerprint density at radius 1 is 1.27 bits per heavy atom. The number of aryl methyl sites for hydroxylation is 1. The van der Waals surface area contributed by atoms with Crippen LogP contribution in [0.5, 0.6) is 5.75 Å². The minimum atomic E-state index is -0.996. The van der Waals surface area contributed by atoms with Crippen LogP contribution in [0.3, 0.4) is 0 Å². The van der Waals surface area contributed by atoms with Crippen molar-refractivity contribution in [2.45, 2.75) is 26.4 Å². The summed E-state index contributed by atoms with van der Waals surface area (Å²) in [4.78, 5) is 24.5. The average Bonchev–Trinajstić information content (AvgIpc) is 2.64. The van der Waals surface area contributed by atoms with E-state index in [-0.39, 0.29) is 6.61 Å². The van der Waals surface area contributed by atoms with Crippen molar-refractivity contribution in [1.29, 1.82) is 0 Å². The topological polar surface area (TPSA) is 64.6 Å². The van der Waals surface area contributed by atoms with Crippen molar-refractivity contribution in [2.24, 2.45) is 5.92 Å². The first-order chi connectivity index (χ1) is 12.4. The van der Waals surface area contributed by atoms with E-state index in [0.29, 0.717) is 17.7 Å². The number of fused-ring (bicyclic) bond motifs is 1. The third-order valence-electron chi connectivity index (χ3n) is 4.31. The second-order valence-electron chi connectivity index (χ2n) is 6.35. The van der Waals surface area contributed by atoms with Crippen LogP contribution >= 0.6 is 0 Å². The monoisotopic (exact) mass is 357 g/mol. The molecule has 1 heterocycles. The van der Waals surface area contributed by atoms with E-state index in [4.69, 9.17) is 9.47 Å². The van der Waals surface area contributed by atoms with Crippen LogP contribution in [0.15, 0.2) is 42.5 Å². The van der Waals surface area contributed by atoms with Crippen molar-refractivity contribution < 1.29 is 23.5 Å². The minimum Gasteiger partial charge on any atom is -0.492 e. The van der Waals surface area contributed by atoms with Crippen molar-refractivity contribution in [3.8, 4) is 5.75 Å². The zero-order valence-corrected chi connectivity index (χ0v) is 14.6. The van der Waals surface area contributed by atoms with Crippen molar-refractivity contribution in [1.82, 2.24) is 0 Å². The number of amides is 1. The molecule has 0 aromatic heterocycles. The maximum atomic E-state index is 13.6. The molecular weight excluding hydrogens is 337 g/mol. The molecule has 2 atom stereocenters. The first-order valence-corrected chi connectivity index (χ1v) is 8.42. The Hall–Kier alpha value is -2.89. The molecule has 136 valence electrons. The number of anilines is 1. The number of para-hydroxylation sites is 1. The summed E-state index contributed by atoms with van der Waals surface area (Å²) in [5, 5.41) is 2.55. The fourth-order valence-corrected chi connectivity index (χ4v) is 2.72. The zero-order chi connectivity index (χ0) is 18.7. The van der Waals surface area contributed by atoms with Gasteiger partial charge < -0.3 is 14.8 Å². The van der Waals surface area contributed by atoms with Gasteiger partial charge in [-0.1, -0.05) is 24.3 Å². The highest BCUT2D eigenvalue weighted by Crippen LogP contribution is 2.27. The lowest BCUT2D eigenvalue weighted by Gasteiger charge is -2.25. The Morgan fingerprint density at radius 3 is 2.81 bits per heavy atom. The van der Waals surface area contributed by atoms with Crippen LogP contribution in [-0.4, -0.2) is 24.6 Å². The molecule has 1 N–H and O–H groups in total. The molecule has 26 heavy (non-hydrogen) atoms. The molecule has 1 aliphatic heterocycles. The summed E-state index contributed by atoms with van der Waals surface area (Å²) in [5.74, 6) is -1.11. The second kappa shape index (κ2) is 7.56. The van der Waals surface area contributed by atoms with E-state index < -0.39 is 29.7 Å². The second-order valence-corrected chi connectivity index (χ2v) is 6.35. The van der Waals surface area contributed by atoms with Crippen LogP contribution in [0.2, 0.25) is 0 Å². The summed E-state index contributed by atoms with van der Waals surface area (Å²) in [6.07, 6.45) is -0.490. The van der Waals surface area contributed by atoms with Gasteiger partial charge in [0.2, 0.25) is 0 Å². The fraction of sp³-hybridized carbons (Fsp3) is 0.300. The maximum Gasteiger partial charge on any atom is 0.313 e. The lowest BCUT2D eigenvalue weighted by Crippen LogP contribution is -2.36. The van der Waals surface area contributed by atoms with E-state index in [2.05, 4.69) is 5.32 Å².